The van der Waals surface area contributed by atoms with Crippen LogP contribution in [-0.2, 0) is 4.79 Å². The van der Waals surface area contributed by atoms with Gasteiger partial charge in [0, 0.05) is 6.04 Å². The highest BCUT2D eigenvalue weighted by atomic mass is 16.4. The Kier molecular flexibility index (Phi) is 3.20. The topological polar surface area (TPSA) is 40.5 Å². The van der Waals surface area contributed by atoms with Crippen molar-refractivity contribution in [3.63, 3.8) is 0 Å². The third kappa shape index (κ3) is 1.92. The molecular weight excluding hydrogens is 178 g/mol. The average molecular weight is 199 g/mol. The summed E-state index contributed by atoms with van der Waals surface area (Å²) in [6.45, 7) is 5.88. The molecule has 0 aliphatic heterocycles. The Bertz CT molecular complexity index is 225. The van der Waals surface area contributed by atoms with Crippen molar-refractivity contribution in [3.05, 3.63) is 0 Å². The average Bonchev–Trinajstić information content (AvgIpc) is 2.97. The summed E-state index contributed by atoms with van der Waals surface area (Å²) >= 11 is 0. The van der Waals surface area contributed by atoms with Gasteiger partial charge in [-0.1, -0.05) is 6.92 Å². The molecule has 0 spiro atoms. The van der Waals surface area contributed by atoms with Crippen LogP contribution in [0.2, 0.25) is 0 Å². The van der Waals surface area contributed by atoms with Crippen molar-refractivity contribution in [2.45, 2.75) is 51.6 Å². The van der Waals surface area contributed by atoms with E-state index in [4.69, 9.17) is 0 Å². The molecule has 0 saturated heterocycles. The number of hydrogen-bond donors (Lipinski definition) is 1. The molecule has 0 bridgehead atoms. The third-order valence-corrected chi connectivity index (χ3v) is 3.84. The van der Waals surface area contributed by atoms with E-state index in [1.165, 1.54) is 12.8 Å². The molecule has 82 valence electrons. The van der Waals surface area contributed by atoms with Gasteiger partial charge in [-0.25, -0.2) is 0 Å². The lowest BCUT2D eigenvalue weighted by Gasteiger charge is -2.38. The molecule has 1 fully saturated rings. The maximum absolute atomic E-state index is 11.2. The van der Waals surface area contributed by atoms with Crippen molar-refractivity contribution in [1.29, 1.82) is 0 Å². The first-order valence-electron chi connectivity index (χ1n) is 5.39. The predicted molar refractivity (Wildman–Crippen MR) is 56.3 cm³/mol. The van der Waals surface area contributed by atoms with Crippen LogP contribution >= 0.6 is 0 Å². The predicted octanol–water partition coefficient (Wildman–Crippen LogP) is 1.97. The third-order valence-electron chi connectivity index (χ3n) is 3.84. The molecule has 2 atom stereocenters. The van der Waals surface area contributed by atoms with Crippen LogP contribution in [-0.4, -0.2) is 34.6 Å². The second kappa shape index (κ2) is 3.89. The van der Waals surface area contributed by atoms with Crippen molar-refractivity contribution in [2.75, 3.05) is 7.05 Å². The summed E-state index contributed by atoms with van der Waals surface area (Å²) in [6.07, 6.45) is 3.16. The minimum Gasteiger partial charge on any atom is -0.480 e. The van der Waals surface area contributed by atoms with Crippen LogP contribution in [0.3, 0.4) is 0 Å². The van der Waals surface area contributed by atoms with Gasteiger partial charge in [-0.3, -0.25) is 9.69 Å². The molecule has 14 heavy (non-hydrogen) atoms. The highest BCUT2D eigenvalue weighted by Crippen LogP contribution is 2.37. The lowest BCUT2D eigenvalue weighted by Crippen LogP contribution is -2.54. The first-order chi connectivity index (χ1) is 6.43. The molecule has 1 rings (SSSR count). The van der Waals surface area contributed by atoms with Crippen LogP contribution in [0, 0.1) is 5.92 Å². The highest BCUT2D eigenvalue weighted by Gasteiger charge is 2.42. The van der Waals surface area contributed by atoms with Gasteiger partial charge < -0.3 is 5.11 Å². The lowest BCUT2D eigenvalue weighted by molar-refractivity contribution is -0.151. The minimum absolute atomic E-state index is 0.385. The molecule has 0 aromatic heterocycles. The van der Waals surface area contributed by atoms with Gasteiger partial charge in [0.05, 0.1) is 0 Å². The van der Waals surface area contributed by atoms with Gasteiger partial charge in [0.2, 0.25) is 0 Å². The van der Waals surface area contributed by atoms with Crippen LogP contribution in [0.25, 0.3) is 0 Å². The first-order valence-corrected chi connectivity index (χ1v) is 5.39. The van der Waals surface area contributed by atoms with E-state index in [0.29, 0.717) is 18.4 Å². The van der Waals surface area contributed by atoms with E-state index in [1.807, 2.05) is 25.8 Å². The number of likely N-dealkylation sites (N-methyl/N-ethyl adjacent to an activating group) is 1. The molecule has 0 radical (unpaired) electrons. The summed E-state index contributed by atoms with van der Waals surface area (Å²) in [5.41, 5.74) is -0.706. The minimum atomic E-state index is -0.713. The summed E-state index contributed by atoms with van der Waals surface area (Å²) < 4.78 is 0. The quantitative estimate of drug-likeness (QED) is 0.736. The molecule has 1 aliphatic rings. The molecule has 1 saturated carbocycles. The lowest BCUT2D eigenvalue weighted by atomic mass is 9.94. The van der Waals surface area contributed by atoms with E-state index in [-0.39, 0.29) is 0 Å². The van der Waals surface area contributed by atoms with Crippen LogP contribution in [0.15, 0.2) is 0 Å². The van der Waals surface area contributed by atoms with Gasteiger partial charge in [0.15, 0.2) is 0 Å². The van der Waals surface area contributed by atoms with Crippen molar-refractivity contribution >= 4 is 5.97 Å². The van der Waals surface area contributed by atoms with Gasteiger partial charge in [-0.05, 0) is 46.1 Å². The maximum Gasteiger partial charge on any atom is 0.323 e. The van der Waals surface area contributed by atoms with Gasteiger partial charge >= 0.3 is 5.97 Å². The SMILES string of the molecule is CCC(C)(C(=O)O)N(C)C(C)C1CC1. The molecule has 1 N–H and O–H groups in total. The Morgan fingerprint density at radius 1 is 1.64 bits per heavy atom. The Morgan fingerprint density at radius 3 is 2.43 bits per heavy atom. The Morgan fingerprint density at radius 2 is 2.14 bits per heavy atom. The number of hydrogen-bond acceptors (Lipinski definition) is 2. The molecule has 3 nitrogen and oxygen atoms in total. The standard InChI is InChI=1S/C11H21NO2/c1-5-11(3,10(13)14)12(4)8(2)9-6-7-9/h8-9H,5-7H2,1-4H3,(H,13,14). The molecule has 0 aromatic rings. The molecule has 1 aliphatic carbocycles. The molecular formula is C11H21NO2. The summed E-state index contributed by atoms with van der Waals surface area (Å²) in [5.74, 6) is 0.000208. The number of rotatable bonds is 5. The van der Waals surface area contributed by atoms with Crippen molar-refractivity contribution in [3.8, 4) is 0 Å². The van der Waals surface area contributed by atoms with Gasteiger partial charge in [0.1, 0.15) is 5.54 Å². The number of carbonyl (C=O) groups is 1. The fourth-order valence-corrected chi connectivity index (χ4v) is 1.90. The van der Waals surface area contributed by atoms with Crippen molar-refractivity contribution in [1.82, 2.24) is 4.90 Å². The van der Waals surface area contributed by atoms with Crippen LogP contribution in [0.1, 0.15) is 40.0 Å². The second-order valence-electron chi connectivity index (χ2n) is 4.62. The zero-order valence-electron chi connectivity index (χ0n) is 9.58. The van der Waals surface area contributed by atoms with E-state index in [9.17, 15) is 9.90 Å². The normalized spacial score (nSPS) is 23.2. The molecule has 3 heteroatoms. The summed E-state index contributed by atoms with van der Waals surface area (Å²) in [5, 5.41) is 9.21. The van der Waals surface area contributed by atoms with Crippen LogP contribution in [0.5, 0.6) is 0 Å². The van der Waals surface area contributed by atoms with E-state index in [0.717, 1.165) is 0 Å². The molecule has 0 amide bonds. The Balaban J connectivity index is 2.71. The second-order valence-corrected chi connectivity index (χ2v) is 4.62. The molecule has 0 aromatic carbocycles. The van der Waals surface area contributed by atoms with E-state index >= 15 is 0 Å². The molecule has 0 heterocycles. The van der Waals surface area contributed by atoms with Gasteiger partial charge in [-0.2, -0.15) is 0 Å². The van der Waals surface area contributed by atoms with E-state index < -0.39 is 11.5 Å². The van der Waals surface area contributed by atoms with E-state index in [1.54, 1.807) is 0 Å². The van der Waals surface area contributed by atoms with Crippen LogP contribution < -0.4 is 0 Å². The number of carboxylic acid groups (broad SMARTS) is 1. The summed E-state index contributed by atoms with van der Waals surface area (Å²) in [7, 11) is 1.93. The Labute approximate surface area is 86.1 Å². The first kappa shape index (κ1) is 11.5. The van der Waals surface area contributed by atoms with Crippen molar-refractivity contribution < 1.29 is 9.90 Å². The molecule has 2 unspecified atom stereocenters. The van der Waals surface area contributed by atoms with Gasteiger partial charge in [-0.15, -0.1) is 0 Å². The monoisotopic (exact) mass is 199 g/mol. The number of nitrogens with zero attached hydrogens (tertiary/aromatic N) is 1. The van der Waals surface area contributed by atoms with Crippen molar-refractivity contribution in [2.24, 2.45) is 5.92 Å². The smallest absolute Gasteiger partial charge is 0.323 e. The van der Waals surface area contributed by atoms with E-state index in [2.05, 4.69) is 6.92 Å². The van der Waals surface area contributed by atoms with Crippen LogP contribution in [0.4, 0.5) is 0 Å². The van der Waals surface area contributed by atoms with Gasteiger partial charge in [0.25, 0.3) is 0 Å². The summed E-state index contributed by atoms with van der Waals surface area (Å²) in [4.78, 5) is 13.2. The number of carboxylic acids is 1. The summed E-state index contributed by atoms with van der Waals surface area (Å²) in [6, 6.07) is 0.385. The fraction of sp³-hybridized carbons (Fsp3) is 0.909. The maximum atomic E-state index is 11.2. The Hall–Kier alpha value is -0.570. The zero-order chi connectivity index (χ0) is 10.9. The fourth-order valence-electron chi connectivity index (χ4n) is 1.90. The number of aliphatic carboxylic acids is 1. The highest BCUT2D eigenvalue weighted by molar-refractivity contribution is 5.78. The zero-order valence-corrected chi connectivity index (χ0v) is 9.58. The largest absolute Gasteiger partial charge is 0.480 e.